The number of benzene rings is 1. The second kappa shape index (κ2) is 5.65. The molecular formula is C9H8N2S2. The number of hydrogen-bond acceptors (Lipinski definition) is 3. The van der Waals surface area contributed by atoms with Crippen molar-refractivity contribution >= 4 is 34.3 Å². The molecule has 0 aliphatic carbocycles. The van der Waals surface area contributed by atoms with Crippen molar-refractivity contribution in [3.05, 3.63) is 35.9 Å². The molecule has 2 nitrogen and oxygen atoms in total. The quantitative estimate of drug-likeness (QED) is 0.599. The Hall–Kier alpha value is -0.960. The van der Waals surface area contributed by atoms with Crippen molar-refractivity contribution in [2.45, 2.75) is 5.75 Å². The van der Waals surface area contributed by atoms with Crippen LogP contribution in [0, 0.1) is 5.41 Å². The summed E-state index contributed by atoms with van der Waals surface area (Å²) in [6.07, 6.45) is 0. The zero-order valence-corrected chi connectivity index (χ0v) is 8.49. The maximum Gasteiger partial charge on any atom is 0.171 e. The molecule has 0 saturated carbocycles. The molecule has 4 heteroatoms. The maximum atomic E-state index is 6.60. The molecule has 1 N–H and O–H groups in total. The van der Waals surface area contributed by atoms with Gasteiger partial charge in [0.05, 0.1) is 6.01 Å². The van der Waals surface area contributed by atoms with E-state index in [1.807, 2.05) is 36.3 Å². The summed E-state index contributed by atoms with van der Waals surface area (Å²) < 4.78 is 0.457. The van der Waals surface area contributed by atoms with Gasteiger partial charge in [-0.15, -0.1) is 0 Å². The highest BCUT2D eigenvalue weighted by atomic mass is 32.2. The van der Waals surface area contributed by atoms with Crippen LogP contribution in [0.1, 0.15) is 5.56 Å². The van der Waals surface area contributed by atoms with Crippen LogP contribution in [0.15, 0.2) is 35.3 Å². The first kappa shape index (κ1) is 10.1. The van der Waals surface area contributed by atoms with Crippen LogP contribution >= 0.6 is 24.0 Å². The van der Waals surface area contributed by atoms with Crippen molar-refractivity contribution in [2.75, 3.05) is 0 Å². The second-order valence-corrected chi connectivity index (χ2v) is 3.87. The molecule has 1 aromatic rings. The van der Waals surface area contributed by atoms with Crippen LogP contribution in [0.4, 0.5) is 0 Å². The summed E-state index contributed by atoms with van der Waals surface area (Å²) in [6, 6.07) is 11.9. The maximum absolute atomic E-state index is 6.60. The lowest BCUT2D eigenvalue weighted by Gasteiger charge is -1.97. The Morgan fingerprint density at radius 1 is 1.46 bits per heavy atom. The van der Waals surface area contributed by atoms with Crippen molar-refractivity contribution < 1.29 is 0 Å². The number of thioether (sulfide) groups is 1. The Morgan fingerprint density at radius 3 is 2.77 bits per heavy atom. The lowest BCUT2D eigenvalue weighted by Crippen LogP contribution is -1.84. The van der Waals surface area contributed by atoms with E-state index in [1.165, 1.54) is 17.3 Å². The molecule has 0 radical (unpaired) electrons. The molecule has 0 saturated heterocycles. The van der Waals surface area contributed by atoms with Gasteiger partial charge in [-0.05, 0) is 17.8 Å². The predicted molar refractivity (Wildman–Crippen MR) is 60.5 cm³/mol. The Bertz CT molecular complexity index is 329. The highest BCUT2D eigenvalue weighted by Gasteiger charge is 1.95. The number of thiocarbonyl (C=S) groups is 1. The van der Waals surface area contributed by atoms with Gasteiger partial charge in [-0.1, -0.05) is 42.1 Å². The normalized spacial score (nSPS) is 8.92. The van der Waals surface area contributed by atoms with E-state index in [0.29, 0.717) is 4.32 Å². The van der Waals surface area contributed by atoms with Crippen molar-refractivity contribution in [1.29, 1.82) is 5.41 Å². The van der Waals surface area contributed by atoms with Crippen LogP contribution < -0.4 is 0 Å². The van der Waals surface area contributed by atoms with Crippen LogP contribution in [-0.2, 0) is 5.75 Å². The molecule has 0 fully saturated rings. The van der Waals surface area contributed by atoms with Crippen LogP contribution in [0.3, 0.4) is 0 Å². The molecule has 0 bridgehead atoms. The summed E-state index contributed by atoms with van der Waals surface area (Å²) in [6.45, 7) is 0. The van der Waals surface area contributed by atoms with E-state index in [2.05, 4.69) is 4.99 Å². The van der Waals surface area contributed by atoms with Gasteiger partial charge >= 0.3 is 0 Å². The Kier molecular flexibility index (Phi) is 4.40. The van der Waals surface area contributed by atoms with Crippen LogP contribution in [0.5, 0.6) is 0 Å². The molecule has 0 amide bonds. The third-order valence-corrected chi connectivity index (χ3v) is 2.61. The fraction of sp³-hybridized carbons (Fsp3) is 0.111. The van der Waals surface area contributed by atoms with E-state index in [0.717, 1.165) is 5.75 Å². The Morgan fingerprint density at radius 2 is 2.15 bits per heavy atom. The summed E-state index contributed by atoms with van der Waals surface area (Å²) in [5, 5.41) is 6.60. The fourth-order valence-electron chi connectivity index (χ4n) is 0.797. The van der Waals surface area contributed by atoms with Gasteiger partial charge in [0.1, 0.15) is 0 Å². The lowest BCUT2D eigenvalue weighted by atomic mass is 10.2. The number of nitrogens with one attached hydrogen (secondary N) is 1. The van der Waals surface area contributed by atoms with Crippen molar-refractivity contribution in [3.8, 4) is 0 Å². The number of hydrogen-bond donors (Lipinski definition) is 1. The van der Waals surface area contributed by atoms with E-state index in [1.54, 1.807) is 0 Å². The summed E-state index contributed by atoms with van der Waals surface area (Å²) >= 11 is 6.30. The van der Waals surface area contributed by atoms with E-state index < -0.39 is 0 Å². The van der Waals surface area contributed by atoms with E-state index >= 15 is 0 Å². The predicted octanol–water partition coefficient (Wildman–Crippen LogP) is 2.96. The van der Waals surface area contributed by atoms with Gasteiger partial charge in [-0.2, -0.15) is 4.99 Å². The van der Waals surface area contributed by atoms with Gasteiger partial charge in [0, 0.05) is 5.75 Å². The summed E-state index contributed by atoms with van der Waals surface area (Å²) in [5.74, 6) is 0.796. The average Bonchev–Trinajstić information content (AvgIpc) is 2.17. The van der Waals surface area contributed by atoms with Crippen LogP contribution in [0.25, 0.3) is 0 Å². The van der Waals surface area contributed by atoms with Crippen molar-refractivity contribution in [2.24, 2.45) is 4.99 Å². The molecule has 66 valence electrons. The summed E-state index contributed by atoms with van der Waals surface area (Å²) in [4.78, 5) is 3.55. The summed E-state index contributed by atoms with van der Waals surface area (Å²) in [7, 11) is 0. The topological polar surface area (TPSA) is 36.2 Å². The molecule has 0 unspecified atom stereocenters. The van der Waals surface area contributed by atoms with E-state index in [4.69, 9.17) is 17.6 Å². The zero-order valence-electron chi connectivity index (χ0n) is 6.86. The molecule has 0 spiro atoms. The average molecular weight is 208 g/mol. The molecule has 1 aromatic carbocycles. The standard InChI is InChI=1S/C9H8N2S2/c10-7-11-9(12)13-6-8-4-2-1-3-5-8/h1-5,10H,6H2. The molecule has 0 heterocycles. The lowest BCUT2D eigenvalue weighted by molar-refractivity contribution is 1.42. The van der Waals surface area contributed by atoms with Gasteiger partial charge in [0.2, 0.25) is 0 Å². The SMILES string of the molecule is N=C=NC(=S)SCc1ccccc1. The van der Waals surface area contributed by atoms with Crippen LogP contribution in [-0.4, -0.2) is 10.3 Å². The Balaban J connectivity index is 2.44. The van der Waals surface area contributed by atoms with Crippen molar-refractivity contribution in [1.82, 2.24) is 0 Å². The van der Waals surface area contributed by atoms with Gasteiger partial charge in [0.15, 0.2) is 4.32 Å². The molecular weight excluding hydrogens is 200 g/mol. The highest BCUT2D eigenvalue weighted by Crippen LogP contribution is 2.13. The van der Waals surface area contributed by atoms with Crippen molar-refractivity contribution in [3.63, 3.8) is 0 Å². The number of rotatable bonds is 2. The molecule has 0 atom stereocenters. The van der Waals surface area contributed by atoms with Gasteiger partial charge in [-0.3, -0.25) is 0 Å². The minimum absolute atomic E-state index is 0.457. The van der Waals surface area contributed by atoms with E-state index in [9.17, 15) is 0 Å². The molecule has 0 aliphatic rings. The van der Waals surface area contributed by atoms with E-state index in [-0.39, 0.29) is 0 Å². The first-order valence-corrected chi connectivity index (χ1v) is 5.05. The van der Waals surface area contributed by atoms with Crippen LogP contribution in [0.2, 0.25) is 0 Å². The van der Waals surface area contributed by atoms with Gasteiger partial charge < -0.3 is 0 Å². The minimum atomic E-state index is 0.457. The van der Waals surface area contributed by atoms with Gasteiger partial charge in [0.25, 0.3) is 0 Å². The first-order valence-electron chi connectivity index (χ1n) is 3.66. The highest BCUT2D eigenvalue weighted by molar-refractivity contribution is 8.22. The monoisotopic (exact) mass is 208 g/mol. The number of aliphatic imine (C=N–C) groups is 1. The third-order valence-electron chi connectivity index (χ3n) is 1.35. The molecule has 0 aliphatic heterocycles. The van der Waals surface area contributed by atoms with Gasteiger partial charge in [-0.25, -0.2) is 5.41 Å². The number of nitrogens with zero attached hydrogens (tertiary/aromatic N) is 1. The Labute approximate surface area is 86.6 Å². The largest absolute Gasteiger partial charge is 0.241 e. The molecule has 13 heavy (non-hydrogen) atoms. The minimum Gasteiger partial charge on any atom is -0.241 e. The third kappa shape index (κ3) is 3.99. The zero-order chi connectivity index (χ0) is 9.52. The smallest absolute Gasteiger partial charge is 0.171 e. The second-order valence-electron chi connectivity index (χ2n) is 2.26. The first-order chi connectivity index (χ1) is 6.33. The summed E-state index contributed by atoms with van der Waals surface area (Å²) in [5.41, 5.74) is 1.20. The fourth-order valence-corrected chi connectivity index (χ4v) is 1.61. The molecule has 0 aromatic heterocycles. The molecule has 1 rings (SSSR count).